The van der Waals surface area contributed by atoms with Gasteiger partial charge in [0.2, 0.25) is 0 Å². The second kappa shape index (κ2) is 7.77. The van der Waals surface area contributed by atoms with E-state index < -0.39 is 41.6 Å². The summed E-state index contributed by atoms with van der Waals surface area (Å²) in [6.07, 6.45) is -0.0251. The Bertz CT molecular complexity index is 510. The van der Waals surface area contributed by atoms with E-state index in [2.05, 4.69) is 0 Å². The van der Waals surface area contributed by atoms with Crippen LogP contribution in [0.4, 0.5) is 4.79 Å². The number of esters is 1. The minimum atomic E-state index is -1.01. The molecule has 0 N–H and O–H groups in total. The second-order valence-electron chi connectivity index (χ2n) is 7.03. The van der Waals surface area contributed by atoms with Gasteiger partial charge >= 0.3 is 12.1 Å². The fourth-order valence-electron chi connectivity index (χ4n) is 3.32. The number of ether oxygens (including phenoxy) is 2. The molecule has 0 aromatic rings. The number of likely N-dealkylation sites (tertiary alicyclic amines) is 1. The van der Waals surface area contributed by atoms with Gasteiger partial charge in [0.25, 0.3) is 0 Å². The maximum Gasteiger partial charge on any atom is 0.411 e. The van der Waals surface area contributed by atoms with Crippen molar-refractivity contribution >= 4 is 24.1 Å². The summed E-state index contributed by atoms with van der Waals surface area (Å²) in [6.45, 7) is 10.0. The predicted octanol–water partition coefficient (Wildman–Crippen LogP) is 1.97. The second-order valence-corrected chi connectivity index (χ2v) is 7.03. The molecule has 1 saturated heterocycles. The Morgan fingerprint density at radius 3 is 2.21 bits per heavy atom. The molecule has 4 atom stereocenters. The third-order valence-corrected chi connectivity index (χ3v) is 4.10. The van der Waals surface area contributed by atoms with Crippen LogP contribution in [0, 0.1) is 11.8 Å². The van der Waals surface area contributed by atoms with E-state index in [0.717, 1.165) is 0 Å². The van der Waals surface area contributed by atoms with Crippen LogP contribution in [0.25, 0.3) is 0 Å². The number of aldehydes is 1. The first-order valence-electron chi connectivity index (χ1n) is 8.17. The van der Waals surface area contributed by atoms with Gasteiger partial charge in [-0.05, 0) is 41.5 Å². The maximum atomic E-state index is 12.6. The van der Waals surface area contributed by atoms with Gasteiger partial charge in [-0.2, -0.15) is 0 Å². The monoisotopic (exact) mass is 341 g/mol. The quantitative estimate of drug-likeness (QED) is 0.561. The lowest BCUT2D eigenvalue weighted by Gasteiger charge is -2.31. The molecule has 0 bridgehead atoms. The van der Waals surface area contributed by atoms with Gasteiger partial charge in [0.15, 0.2) is 0 Å². The fraction of sp³-hybridized carbons (Fsp3) is 0.765. The molecule has 0 unspecified atom stereocenters. The van der Waals surface area contributed by atoms with Crippen LogP contribution in [0.15, 0.2) is 0 Å². The number of carbonyl (C=O) groups excluding carboxylic acids is 4. The smallest absolute Gasteiger partial charge is 0.411 e. The topological polar surface area (TPSA) is 90.0 Å². The summed E-state index contributed by atoms with van der Waals surface area (Å²) in [7, 11) is 0. The SMILES string of the molecule is CCOC(=O)[C@@H]1[C@@H](CC=O)[C@@H](C(C)=O)[C@H](C)N1C(=O)OC(C)(C)C. The molecule has 0 spiro atoms. The van der Waals surface area contributed by atoms with Crippen LogP contribution in [-0.2, 0) is 23.9 Å². The fourth-order valence-corrected chi connectivity index (χ4v) is 3.32. The molecule has 0 aromatic heterocycles. The first-order valence-corrected chi connectivity index (χ1v) is 8.17. The molecule has 1 fully saturated rings. The Kier molecular flexibility index (Phi) is 6.51. The normalized spacial score (nSPS) is 26.8. The van der Waals surface area contributed by atoms with Crippen LogP contribution in [0.5, 0.6) is 0 Å². The molecule has 1 rings (SSSR count). The van der Waals surface area contributed by atoms with E-state index in [1.54, 1.807) is 34.6 Å². The van der Waals surface area contributed by atoms with Crippen molar-refractivity contribution in [3.63, 3.8) is 0 Å². The first-order chi connectivity index (χ1) is 11.0. The molecule has 24 heavy (non-hydrogen) atoms. The highest BCUT2D eigenvalue weighted by Gasteiger charge is 2.55. The van der Waals surface area contributed by atoms with Crippen LogP contribution in [-0.4, -0.2) is 53.3 Å². The molecular weight excluding hydrogens is 314 g/mol. The number of hydrogen-bond acceptors (Lipinski definition) is 6. The Labute approximate surface area is 142 Å². The predicted molar refractivity (Wildman–Crippen MR) is 86.3 cm³/mol. The van der Waals surface area contributed by atoms with E-state index in [9.17, 15) is 19.2 Å². The summed E-state index contributed by atoms with van der Waals surface area (Å²) < 4.78 is 10.5. The summed E-state index contributed by atoms with van der Waals surface area (Å²) in [5, 5.41) is 0. The standard InChI is InChI=1S/C17H27NO6/c1-7-23-15(21)14-12(8-9-19)13(11(3)20)10(2)18(14)16(22)24-17(4,5)6/h9-10,12-14H,7-8H2,1-6H3/t10-,12-,13+,14-/m0/s1. The summed E-state index contributed by atoms with van der Waals surface area (Å²) >= 11 is 0. The number of Topliss-reactive ketones (excluding diaryl/α,β-unsaturated/α-hetero) is 1. The van der Waals surface area contributed by atoms with Crippen LogP contribution < -0.4 is 0 Å². The Balaban J connectivity index is 3.28. The molecule has 0 aliphatic carbocycles. The lowest BCUT2D eigenvalue weighted by atomic mass is 9.83. The minimum Gasteiger partial charge on any atom is -0.464 e. The molecule has 136 valence electrons. The maximum absolute atomic E-state index is 12.6. The molecule has 1 aliphatic rings. The Morgan fingerprint density at radius 2 is 1.79 bits per heavy atom. The van der Waals surface area contributed by atoms with Crippen LogP contribution in [0.1, 0.15) is 48.0 Å². The van der Waals surface area contributed by atoms with E-state index in [0.29, 0.717) is 6.29 Å². The number of rotatable bonds is 5. The molecule has 1 heterocycles. The van der Waals surface area contributed by atoms with E-state index in [4.69, 9.17) is 9.47 Å². The zero-order valence-corrected chi connectivity index (χ0v) is 15.2. The summed E-state index contributed by atoms with van der Waals surface area (Å²) in [5.41, 5.74) is -0.746. The van der Waals surface area contributed by atoms with Gasteiger partial charge in [-0.1, -0.05) is 0 Å². The number of amides is 1. The zero-order chi connectivity index (χ0) is 18.7. The highest BCUT2D eigenvalue weighted by atomic mass is 16.6. The molecule has 0 aromatic carbocycles. The van der Waals surface area contributed by atoms with Gasteiger partial charge in [0, 0.05) is 24.3 Å². The molecule has 1 aliphatic heterocycles. The Hall–Kier alpha value is -1.92. The lowest BCUT2D eigenvalue weighted by molar-refractivity contribution is -0.150. The average Bonchev–Trinajstić information content (AvgIpc) is 2.70. The summed E-state index contributed by atoms with van der Waals surface area (Å²) in [6, 6.07) is -1.56. The summed E-state index contributed by atoms with van der Waals surface area (Å²) in [5.74, 6) is -2.01. The van der Waals surface area contributed by atoms with Crippen molar-refractivity contribution in [2.45, 2.75) is 65.6 Å². The lowest BCUT2D eigenvalue weighted by Crippen LogP contribution is -2.48. The van der Waals surface area contributed by atoms with Crippen molar-refractivity contribution in [1.29, 1.82) is 0 Å². The van der Waals surface area contributed by atoms with Crippen molar-refractivity contribution in [2.24, 2.45) is 11.8 Å². The van der Waals surface area contributed by atoms with Gasteiger partial charge in [-0.25, -0.2) is 9.59 Å². The third-order valence-electron chi connectivity index (χ3n) is 4.10. The summed E-state index contributed by atoms with van der Waals surface area (Å²) in [4.78, 5) is 49.4. The molecule has 0 radical (unpaired) electrons. The molecule has 7 nitrogen and oxygen atoms in total. The van der Waals surface area contributed by atoms with Crippen molar-refractivity contribution in [3.05, 3.63) is 0 Å². The minimum absolute atomic E-state index is 0.00261. The van der Waals surface area contributed by atoms with Crippen LogP contribution in [0.3, 0.4) is 0 Å². The molecular formula is C17H27NO6. The zero-order valence-electron chi connectivity index (χ0n) is 15.2. The number of hydrogen-bond donors (Lipinski definition) is 0. The first kappa shape index (κ1) is 20.1. The van der Waals surface area contributed by atoms with Crippen LogP contribution >= 0.6 is 0 Å². The number of nitrogens with zero attached hydrogens (tertiary/aromatic N) is 1. The van der Waals surface area contributed by atoms with Gasteiger partial charge in [-0.3, -0.25) is 9.69 Å². The van der Waals surface area contributed by atoms with Crippen molar-refractivity contribution in [1.82, 2.24) is 4.90 Å². The van der Waals surface area contributed by atoms with E-state index >= 15 is 0 Å². The van der Waals surface area contributed by atoms with Crippen molar-refractivity contribution in [3.8, 4) is 0 Å². The number of ketones is 1. The van der Waals surface area contributed by atoms with Crippen molar-refractivity contribution < 1.29 is 28.7 Å². The van der Waals surface area contributed by atoms with Gasteiger partial charge in [-0.15, -0.1) is 0 Å². The largest absolute Gasteiger partial charge is 0.464 e. The van der Waals surface area contributed by atoms with E-state index in [1.165, 1.54) is 11.8 Å². The van der Waals surface area contributed by atoms with Crippen LogP contribution in [0.2, 0.25) is 0 Å². The van der Waals surface area contributed by atoms with Gasteiger partial charge in [0.05, 0.1) is 6.61 Å². The third kappa shape index (κ3) is 4.33. The molecule has 7 heteroatoms. The Morgan fingerprint density at radius 1 is 1.21 bits per heavy atom. The van der Waals surface area contributed by atoms with E-state index in [1.807, 2.05) is 0 Å². The average molecular weight is 341 g/mol. The number of carbonyl (C=O) groups is 4. The van der Waals surface area contributed by atoms with Gasteiger partial charge < -0.3 is 14.3 Å². The van der Waals surface area contributed by atoms with Crippen molar-refractivity contribution in [2.75, 3.05) is 6.61 Å². The van der Waals surface area contributed by atoms with E-state index in [-0.39, 0.29) is 18.8 Å². The molecule has 1 amide bonds. The highest BCUT2D eigenvalue weighted by molar-refractivity contribution is 5.88. The highest BCUT2D eigenvalue weighted by Crippen LogP contribution is 2.39. The molecule has 0 saturated carbocycles. The van der Waals surface area contributed by atoms with Gasteiger partial charge in [0.1, 0.15) is 23.7 Å².